The fourth-order valence-electron chi connectivity index (χ4n) is 7.17. The number of aryl methyl sites for hydroxylation is 2. The molecule has 3 fully saturated rings. The van der Waals surface area contributed by atoms with E-state index < -0.39 is 35.6 Å². The molecular weight excluding hydrogens is 518 g/mol. The second kappa shape index (κ2) is 10.8. The van der Waals surface area contributed by atoms with Crippen molar-refractivity contribution >= 4 is 29.1 Å². The van der Waals surface area contributed by atoms with Crippen LogP contribution in [0.3, 0.4) is 0 Å². The molecule has 2 bridgehead atoms. The van der Waals surface area contributed by atoms with Crippen molar-refractivity contribution in [3.63, 3.8) is 0 Å². The van der Waals surface area contributed by atoms with E-state index in [1.807, 2.05) is 80.6 Å². The van der Waals surface area contributed by atoms with E-state index in [0.29, 0.717) is 30.6 Å². The van der Waals surface area contributed by atoms with Gasteiger partial charge >= 0.3 is 0 Å². The molecule has 3 aromatic carbocycles. The number of benzene rings is 3. The van der Waals surface area contributed by atoms with E-state index in [2.05, 4.69) is 10.6 Å². The zero-order valence-electron chi connectivity index (χ0n) is 23.2. The summed E-state index contributed by atoms with van der Waals surface area (Å²) in [4.78, 5) is 43.9. The zero-order valence-corrected chi connectivity index (χ0v) is 23.2. The van der Waals surface area contributed by atoms with Crippen LogP contribution in [0.5, 0.6) is 0 Å². The van der Waals surface area contributed by atoms with Crippen LogP contribution < -0.4 is 10.6 Å². The molecule has 3 aromatic rings. The number of rotatable bonds is 8. The number of nitrogens with one attached hydrogen (secondary N) is 2. The Kier molecular flexibility index (Phi) is 7.13. The van der Waals surface area contributed by atoms with Crippen molar-refractivity contribution in [1.82, 2.24) is 4.90 Å². The Morgan fingerprint density at radius 3 is 2.27 bits per heavy atom. The SMILES string of the molecule is Cc1cccc(C)c1NC(=O)C1N([C@@H](CO)Cc2ccccc2)C(=O)[C@@H]2[C@@H](C(=O)Nc3ccccc3)[C@H]3CCC12O3. The van der Waals surface area contributed by atoms with Crippen molar-refractivity contribution in [1.29, 1.82) is 0 Å². The van der Waals surface area contributed by atoms with Crippen LogP contribution in [-0.4, -0.2) is 58.1 Å². The fourth-order valence-corrected chi connectivity index (χ4v) is 7.17. The van der Waals surface area contributed by atoms with E-state index in [9.17, 15) is 19.5 Å². The molecule has 8 nitrogen and oxygen atoms in total. The lowest BCUT2D eigenvalue weighted by Crippen LogP contribution is -2.56. The molecule has 0 aliphatic carbocycles. The normalized spacial score (nSPS) is 27.0. The number of ether oxygens (including phenoxy) is 1. The maximum absolute atomic E-state index is 14.4. The Morgan fingerprint density at radius 1 is 0.951 bits per heavy atom. The van der Waals surface area contributed by atoms with Gasteiger partial charge in [-0.1, -0.05) is 66.7 Å². The molecule has 41 heavy (non-hydrogen) atoms. The highest BCUT2D eigenvalue weighted by Gasteiger charge is 2.75. The summed E-state index contributed by atoms with van der Waals surface area (Å²) in [6, 6.07) is 22.8. The van der Waals surface area contributed by atoms with Gasteiger partial charge in [0, 0.05) is 11.4 Å². The molecule has 3 saturated heterocycles. The lowest BCUT2D eigenvalue weighted by Gasteiger charge is -2.37. The number of hydrogen-bond donors (Lipinski definition) is 3. The molecule has 8 heteroatoms. The number of hydrogen-bond acceptors (Lipinski definition) is 5. The minimum absolute atomic E-state index is 0.291. The first kappa shape index (κ1) is 27.2. The second-order valence-electron chi connectivity index (χ2n) is 11.4. The van der Waals surface area contributed by atoms with Crippen molar-refractivity contribution in [2.75, 3.05) is 17.2 Å². The zero-order chi connectivity index (χ0) is 28.7. The number of carbonyl (C=O) groups is 3. The average Bonchev–Trinajstić information content (AvgIpc) is 3.62. The maximum Gasteiger partial charge on any atom is 0.250 e. The first-order chi connectivity index (χ1) is 19.8. The maximum atomic E-state index is 14.4. The number of para-hydroxylation sites is 2. The van der Waals surface area contributed by atoms with Gasteiger partial charge in [0.2, 0.25) is 17.7 Å². The van der Waals surface area contributed by atoms with Gasteiger partial charge in [-0.25, -0.2) is 0 Å². The highest BCUT2D eigenvalue weighted by atomic mass is 16.5. The molecule has 212 valence electrons. The average molecular weight is 554 g/mol. The molecule has 3 amide bonds. The van der Waals surface area contributed by atoms with Gasteiger partial charge < -0.3 is 25.4 Å². The Balaban J connectivity index is 1.39. The minimum Gasteiger partial charge on any atom is -0.394 e. The van der Waals surface area contributed by atoms with E-state index >= 15 is 0 Å². The van der Waals surface area contributed by atoms with Gasteiger partial charge in [-0.15, -0.1) is 0 Å². The minimum atomic E-state index is -1.16. The molecule has 3 aliphatic heterocycles. The highest BCUT2D eigenvalue weighted by molar-refractivity contribution is 6.05. The molecule has 6 rings (SSSR count). The number of nitrogens with zero attached hydrogens (tertiary/aromatic N) is 1. The molecule has 6 atom stereocenters. The lowest BCUT2D eigenvalue weighted by molar-refractivity contribution is -0.143. The van der Waals surface area contributed by atoms with Crippen molar-refractivity contribution in [2.24, 2.45) is 11.8 Å². The summed E-state index contributed by atoms with van der Waals surface area (Å²) in [7, 11) is 0. The van der Waals surface area contributed by atoms with Crippen LogP contribution in [0.4, 0.5) is 11.4 Å². The Hall–Kier alpha value is -4.01. The first-order valence-corrected chi connectivity index (χ1v) is 14.2. The number of aliphatic hydroxyl groups excluding tert-OH is 1. The van der Waals surface area contributed by atoms with Crippen molar-refractivity contribution in [3.8, 4) is 0 Å². The van der Waals surface area contributed by atoms with E-state index in [-0.39, 0.29) is 24.3 Å². The fraction of sp³-hybridized carbons (Fsp3) is 0.364. The van der Waals surface area contributed by atoms with Crippen molar-refractivity contribution in [2.45, 2.75) is 56.9 Å². The van der Waals surface area contributed by atoms with Gasteiger partial charge in [0.15, 0.2) is 0 Å². The number of aliphatic hydroxyl groups is 1. The summed E-state index contributed by atoms with van der Waals surface area (Å²) in [5.74, 6) is -2.55. The molecule has 3 aliphatic rings. The predicted octanol–water partition coefficient (Wildman–Crippen LogP) is 3.86. The summed E-state index contributed by atoms with van der Waals surface area (Å²) in [5.41, 5.74) is 2.92. The van der Waals surface area contributed by atoms with Crippen LogP contribution in [0, 0.1) is 25.7 Å². The van der Waals surface area contributed by atoms with E-state index in [1.165, 1.54) is 4.90 Å². The molecular formula is C33H35N3O5. The monoisotopic (exact) mass is 553 g/mol. The van der Waals surface area contributed by atoms with Gasteiger partial charge in [0.25, 0.3) is 0 Å². The standard InChI is InChI=1S/C33H35N3O5/c1-20-10-9-11-21(2)28(20)35-31(39)29-33-17-16-25(41-33)26(30(38)34-23-14-7-4-8-15-23)27(33)32(40)36(29)24(19-37)18-22-12-5-3-6-13-22/h3-15,24-27,29,37H,16-19H2,1-2H3,(H,34,38)(H,35,39)/t24-,25-,26+,27+,29?,33?/m1/s1. The molecule has 0 saturated carbocycles. The predicted molar refractivity (Wildman–Crippen MR) is 155 cm³/mol. The molecule has 1 spiro atoms. The number of anilines is 2. The van der Waals surface area contributed by atoms with Crippen LogP contribution >= 0.6 is 0 Å². The third-order valence-electron chi connectivity index (χ3n) is 8.98. The lowest BCUT2D eigenvalue weighted by atomic mass is 9.70. The number of carbonyl (C=O) groups excluding carboxylic acids is 3. The van der Waals surface area contributed by atoms with Crippen LogP contribution in [0.1, 0.15) is 29.5 Å². The van der Waals surface area contributed by atoms with Crippen LogP contribution in [0.25, 0.3) is 0 Å². The number of likely N-dealkylation sites (tertiary alicyclic amines) is 1. The number of fused-ring (bicyclic) bond motifs is 1. The Bertz CT molecular complexity index is 1440. The highest BCUT2D eigenvalue weighted by Crippen LogP contribution is 2.59. The van der Waals surface area contributed by atoms with Crippen LogP contribution in [0.2, 0.25) is 0 Å². The largest absolute Gasteiger partial charge is 0.394 e. The van der Waals surface area contributed by atoms with Crippen LogP contribution in [-0.2, 0) is 25.5 Å². The molecule has 3 heterocycles. The van der Waals surface area contributed by atoms with E-state index in [1.54, 1.807) is 12.1 Å². The summed E-state index contributed by atoms with van der Waals surface area (Å²) in [5, 5.41) is 16.6. The number of amides is 3. The summed E-state index contributed by atoms with van der Waals surface area (Å²) >= 11 is 0. The van der Waals surface area contributed by atoms with Gasteiger partial charge in [-0.05, 0) is 61.9 Å². The Morgan fingerprint density at radius 2 is 1.61 bits per heavy atom. The van der Waals surface area contributed by atoms with Gasteiger partial charge in [-0.3, -0.25) is 14.4 Å². The summed E-state index contributed by atoms with van der Waals surface area (Å²) in [6.45, 7) is 3.52. The van der Waals surface area contributed by atoms with Gasteiger partial charge in [0.1, 0.15) is 11.6 Å². The summed E-state index contributed by atoms with van der Waals surface area (Å²) in [6.07, 6.45) is 0.948. The summed E-state index contributed by atoms with van der Waals surface area (Å²) < 4.78 is 6.57. The first-order valence-electron chi connectivity index (χ1n) is 14.2. The Labute approximate surface area is 239 Å². The van der Waals surface area contributed by atoms with Crippen molar-refractivity contribution in [3.05, 3.63) is 95.6 Å². The second-order valence-corrected chi connectivity index (χ2v) is 11.4. The smallest absolute Gasteiger partial charge is 0.250 e. The topological polar surface area (TPSA) is 108 Å². The molecule has 0 aromatic heterocycles. The van der Waals surface area contributed by atoms with Gasteiger partial charge in [0.05, 0.1) is 30.6 Å². The molecule has 0 radical (unpaired) electrons. The molecule has 3 N–H and O–H groups in total. The van der Waals surface area contributed by atoms with E-state index in [0.717, 1.165) is 16.7 Å². The van der Waals surface area contributed by atoms with Gasteiger partial charge in [-0.2, -0.15) is 0 Å². The quantitative estimate of drug-likeness (QED) is 0.393. The van der Waals surface area contributed by atoms with E-state index in [4.69, 9.17) is 4.74 Å². The third kappa shape index (κ3) is 4.61. The third-order valence-corrected chi connectivity index (χ3v) is 8.98. The van der Waals surface area contributed by atoms with Crippen LogP contribution in [0.15, 0.2) is 78.9 Å². The van der Waals surface area contributed by atoms with Crippen molar-refractivity contribution < 1.29 is 24.2 Å². The molecule has 2 unspecified atom stereocenters.